The van der Waals surface area contributed by atoms with Crippen molar-refractivity contribution in [1.29, 1.82) is 0 Å². The third kappa shape index (κ3) is 11.6. The molecule has 0 spiro atoms. The zero-order valence-electron chi connectivity index (χ0n) is 17.1. The van der Waals surface area contributed by atoms with Crippen LogP contribution in [0.5, 0.6) is 0 Å². The van der Waals surface area contributed by atoms with Crippen LogP contribution in [0, 0.1) is 10.1 Å². The van der Waals surface area contributed by atoms with Gasteiger partial charge in [0.25, 0.3) is 5.96 Å². The van der Waals surface area contributed by atoms with Crippen LogP contribution >= 0.6 is 0 Å². The number of guanidine groups is 1. The largest absolute Gasteiger partial charge is 0.458 e. The number of nitrogens with two attached hydrogens (primary N) is 2. The van der Waals surface area contributed by atoms with Crippen LogP contribution in [-0.2, 0) is 16.0 Å². The number of esters is 1. The lowest BCUT2D eigenvalue weighted by atomic mass is 10.1. The average Bonchev–Trinajstić information content (AvgIpc) is 2.61. The summed E-state index contributed by atoms with van der Waals surface area (Å²) in [6.07, 6.45) is 5.06. The van der Waals surface area contributed by atoms with Gasteiger partial charge < -0.3 is 21.5 Å². The molecule has 11 heteroatoms. The summed E-state index contributed by atoms with van der Waals surface area (Å²) in [7, 11) is 0. The van der Waals surface area contributed by atoms with Crippen molar-refractivity contribution in [2.75, 3.05) is 13.1 Å². The lowest BCUT2D eigenvalue weighted by Crippen LogP contribution is -2.40. The molecule has 0 saturated carbocycles. The molecule has 0 aliphatic rings. The molecule has 0 saturated heterocycles. The number of aliphatic imine (C=N–C) groups is 1. The van der Waals surface area contributed by atoms with Gasteiger partial charge in [0.05, 0.1) is 0 Å². The van der Waals surface area contributed by atoms with E-state index < -0.39 is 28.6 Å². The normalized spacial score (nSPS) is 14.1. The maximum atomic E-state index is 12.4. The first-order chi connectivity index (χ1) is 13.6. The summed E-state index contributed by atoms with van der Waals surface area (Å²) in [5, 5.41) is 12.9. The summed E-state index contributed by atoms with van der Waals surface area (Å²) in [5.74, 6) is -1.07. The van der Waals surface area contributed by atoms with Crippen molar-refractivity contribution >= 4 is 11.9 Å². The first kappa shape index (κ1) is 24.2. The molecule has 11 nitrogen and oxygen atoms in total. The number of nitrogens with zero attached hydrogens (tertiary/aromatic N) is 3. The molecular weight excluding hydrogens is 378 g/mol. The van der Waals surface area contributed by atoms with Gasteiger partial charge in [-0.15, -0.1) is 0 Å². The minimum Gasteiger partial charge on any atom is -0.458 e. The fourth-order valence-electron chi connectivity index (χ4n) is 2.44. The fourth-order valence-corrected chi connectivity index (χ4v) is 2.44. The van der Waals surface area contributed by atoms with E-state index in [-0.39, 0.29) is 12.5 Å². The lowest BCUT2D eigenvalue weighted by molar-refractivity contribution is -0.525. The highest BCUT2D eigenvalue weighted by Crippen LogP contribution is 2.13. The Morgan fingerprint density at radius 1 is 1.34 bits per heavy atom. The predicted octanol–water partition coefficient (Wildman–Crippen LogP) is 0.128. The second-order valence-corrected chi connectivity index (χ2v) is 7.58. The highest BCUT2D eigenvalue weighted by Gasteiger charge is 2.26. The standard InChI is InChI=1S/C18H31N7O4/c1-18(2,3)29-16(26)15(23-17(20)24-25(27)28)5-4-14(19)12-22-11-8-13-6-9-21-10-7-13/h6-7,9-10,14-15,22H,4-5,8,11-12,19H2,1-3H3,(H3,20,23,24)/t14-,15?/m0/s1. The van der Waals surface area contributed by atoms with Gasteiger partial charge in [0, 0.05) is 25.0 Å². The molecule has 1 heterocycles. The van der Waals surface area contributed by atoms with Crippen LogP contribution in [0.2, 0.25) is 0 Å². The number of nitrogens with one attached hydrogen (secondary N) is 2. The van der Waals surface area contributed by atoms with Crippen LogP contribution in [0.3, 0.4) is 0 Å². The van der Waals surface area contributed by atoms with Gasteiger partial charge >= 0.3 is 5.97 Å². The summed E-state index contributed by atoms with van der Waals surface area (Å²) in [5.41, 5.74) is 13.8. The molecule has 0 aliphatic carbocycles. The number of pyridine rings is 1. The maximum absolute atomic E-state index is 12.4. The Balaban J connectivity index is 2.52. The van der Waals surface area contributed by atoms with Gasteiger partial charge in [-0.25, -0.2) is 19.9 Å². The number of carbonyl (C=O) groups excluding carboxylic acids is 1. The van der Waals surface area contributed by atoms with Crippen LogP contribution in [0.4, 0.5) is 0 Å². The Bertz CT molecular complexity index is 677. The van der Waals surface area contributed by atoms with Crippen molar-refractivity contribution in [3.05, 3.63) is 40.2 Å². The fraction of sp³-hybridized carbons (Fsp3) is 0.611. The van der Waals surface area contributed by atoms with Crippen LogP contribution in [0.25, 0.3) is 0 Å². The van der Waals surface area contributed by atoms with Crippen molar-refractivity contribution in [3.63, 3.8) is 0 Å². The molecule has 1 unspecified atom stereocenters. The monoisotopic (exact) mass is 409 g/mol. The molecule has 0 amide bonds. The van der Waals surface area contributed by atoms with Crippen LogP contribution in [0.1, 0.15) is 39.2 Å². The summed E-state index contributed by atoms with van der Waals surface area (Å²) in [6.45, 7) is 6.48. The van der Waals surface area contributed by atoms with Gasteiger partial charge in [-0.05, 0) is 64.3 Å². The van der Waals surface area contributed by atoms with E-state index in [1.54, 1.807) is 38.6 Å². The smallest absolute Gasteiger partial charge is 0.331 e. The third-order valence-electron chi connectivity index (χ3n) is 3.74. The van der Waals surface area contributed by atoms with Gasteiger partial charge in [-0.1, -0.05) is 5.43 Å². The van der Waals surface area contributed by atoms with E-state index in [0.717, 1.165) is 13.0 Å². The molecule has 2 atom stereocenters. The summed E-state index contributed by atoms with van der Waals surface area (Å²) in [6, 6.07) is 2.70. The number of ether oxygens (including phenoxy) is 1. The quantitative estimate of drug-likeness (QED) is 0.0989. The number of hydrogen-bond acceptors (Lipinski definition) is 8. The average molecular weight is 409 g/mol. The lowest BCUT2D eigenvalue weighted by Gasteiger charge is -2.23. The minimum atomic E-state index is -0.982. The van der Waals surface area contributed by atoms with Crippen molar-refractivity contribution in [3.8, 4) is 0 Å². The van der Waals surface area contributed by atoms with E-state index in [4.69, 9.17) is 16.2 Å². The number of rotatable bonds is 11. The van der Waals surface area contributed by atoms with Gasteiger partial charge in [-0.2, -0.15) is 0 Å². The number of carbonyl (C=O) groups is 1. The molecule has 6 N–H and O–H groups in total. The van der Waals surface area contributed by atoms with E-state index in [2.05, 4.69) is 15.3 Å². The Morgan fingerprint density at radius 3 is 2.59 bits per heavy atom. The van der Waals surface area contributed by atoms with Crippen molar-refractivity contribution in [1.82, 2.24) is 15.7 Å². The third-order valence-corrected chi connectivity index (χ3v) is 3.74. The Hall–Kier alpha value is -2.79. The van der Waals surface area contributed by atoms with Crippen molar-refractivity contribution < 1.29 is 14.6 Å². The molecular formula is C18H31N7O4. The highest BCUT2D eigenvalue weighted by atomic mass is 16.7. The first-order valence-corrected chi connectivity index (χ1v) is 9.39. The topological polar surface area (TPSA) is 171 Å². The molecule has 0 bridgehead atoms. The maximum Gasteiger partial charge on any atom is 0.331 e. The molecule has 1 aromatic rings. The number of aromatic nitrogens is 1. The van der Waals surface area contributed by atoms with Gasteiger partial charge in [0.2, 0.25) is 0 Å². The van der Waals surface area contributed by atoms with E-state index in [1.165, 1.54) is 5.56 Å². The second-order valence-electron chi connectivity index (χ2n) is 7.58. The summed E-state index contributed by atoms with van der Waals surface area (Å²) >= 11 is 0. The van der Waals surface area contributed by atoms with Gasteiger partial charge in [0.1, 0.15) is 5.60 Å². The summed E-state index contributed by atoms with van der Waals surface area (Å²) < 4.78 is 5.32. The molecule has 1 rings (SSSR count). The number of nitro groups is 1. The van der Waals surface area contributed by atoms with Gasteiger partial charge in [-0.3, -0.25) is 4.98 Å². The zero-order chi connectivity index (χ0) is 21.9. The molecule has 162 valence electrons. The van der Waals surface area contributed by atoms with Crippen LogP contribution in [0.15, 0.2) is 29.5 Å². The van der Waals surface area contributed by atoms with E-state index in [9.17, 15) is 14.9 Å². The minimum absolute atomic E-state index is 0.225. The van der Waals surface area contributed by atoms with Crippen LogP contribution in [-0.4, -0.2) is 52.7 Å². The Labute approximate surface area is 170 Å². The van der Waals surface area contributed by atoms with E-state index in [1.807, 2.05) is 12.1 Å². The predicted molar refractivity (Wildman–Crippen MR) is 109 cm³/mol. The van der Waals surface area contributed by atoms with Gasteiger partial charge in [0.15, 0.2) is 11.1 Å². The molecule has 0 aromatic carbocycles. The van der Waals surface area contributed by atoms with E-state index >= 15 is 0 Å². The Kier molecular flexibility index (Phi) is 9.97. The number of hydrogen-bond donors (Lipinski definition) is 4. The SMILES string of the molecule is CC(C)(C)OC(=O)C(CC[C@H](N)CNCCc1ccncc1)N=C(N)N[N+](=O)[O-]. The molecule has 0 radical (unpaired) electrons. The molecule has 1 aromatic heterocycles. The van der Waals surface area contributed by atoms with Crippen molar-refractivity contribution in [2.45, 2.75) is 57.7 Å². The first-order valence-electron chi connectivity index (χ1n) is 9.39. The molecule has 0 aliphatic heterocycles. The second kappa shape index (κ2) is 11.9. The highest BCUT2D eigenvalue weighted by molar-refractivity contribution is 5.83. The summed E-state index contributed by atoms with van der Waals surface area (Å²) in [4.78, 5) is 30.7. The van der Waals surface area contributed by atoms with E-state index in [0.29, 0.717) is 13.0 Å². The molecule has 29 heavy (non-hydrogen) atoms. The zero-order valence-corrected chi connectivity index (χ0v) is 17.1. The van der Waals surface area contributed by atoms with Crippen molar-refractivity contribution in [2.24, 2.45) is 16.5 Å². The van der Waals surface area contributed by atoms with Crippen LogP contribution < -0.4 is 22.2 Å². The molecule has 0 fully saturated rings. The number of hydrazine groups is 1. The Morgan fingerprint density at radius 2 is 2.00 bits per heavy atom.